The van der Waals surface area contributed by atoms with Crippen molar-refractivity contribution in [1.29, 1.82) is 0 Å². The Morgan fingerprint density at radius 2 is 1.16 bits per heavy atom. The van der Waals surface area contributed by atoms with Crippen LogP contribution in [-0.2, 0) is 6.18 Å². The van der Waals surface area contributed by atoms with Crippen molar-refractivity contribution in [3.63, 3.8) is 0 Å². The lowest BCUT2D eigenvalue weighted by Crippen LogP contribution is -2.16. The van der Waals surface area contributed by atoms with Gasteiger partial charge in [-0.15, -0.1) is 0 Å². The molecule has 23 heteroatoms. The van der Waals surface area contributed by atoms with E-state index in [2.05, 4.69) is 20.3 Å². The molecule has 70 heavy (non-hydrogen) atoms. The summed E-state index contributed by atoms with van der Waals surface area (Å²) < 4.78 is 49.6. The number of alkyl halides is 3. The lowest BCUT2D eigenvalue weighted by atomic mass is 10.1. The highest BCUT2D eigenvalue weighted by Gasteiger charge is 2.33. The van der Waals surface area contributed by atoms with E-state index in [1.165, 1.54) is 37.3 Å². The van der Waals surface area contributed by atoms with Crippen LogP contribution in [0.5, 0.6) is 5.75 Å². The van der Waals surface area contributed by atoms with Crippen LogP contribution < -0.4 is 11.1 Å². The van der Waals surface area contributed by atoms with E-state index >= 15 is 0 Å². The van der Waals surface area contributed by atoms with Gasteiger partial charge in [-0.3, -0.25) is 29.8 Å². The van der Waals surface area contributed by atoms with Gasteiger partial charge < -0.3 is 25.0 Å². The van der Waals surface area contributed by atoms with Crippen LogP contribution in [-0.4, -0.2) is 41.1 Å². The predicted molar refractivity (Wildman–Crippen MR) is 258 cm³/mol. The number of non-ortho nitro benzene ring substituents is 2. The molecule has 1 amide bonds. The molecule has 356 valence electrons. The van der Waals surface area contributed by atoms with Gasteiger partial charge in [-0.25, -0.2) is 15.0 Å². The molecule has 0 saturated heterocycles. The number of carbonyl (C=O) groups excluding carboxylic acids is 2. The minimum Gasteiger partial charge on any atom is -0.506 e. The van der Waals surface area contributed by atoms with Crippen molar-refractivity contribution >= 4 is 103 Å². The molecular formula is C47H30Cl4F3N7O9. The monoisotopic (exact) mass is 1030 g/mol. The van der Waals surface area contributed by atoms with Crippen LogP contribution in [0.25, 0.3) is 45.1 Å². The van der Waals surface area contributed by atoms with Crippen LogP contribution in [0.3, 0.4) is 0 Å². The number of benzene rings is 6. The van der Waals surface area contributed by atoms with E-state index in [1.54, 1.807) is 66.7 Å². The molecule has 16 nitrogen and oxygen atoms in total. The highest BCUT2D eigenvalue weighted by atomic mass is 35.5. The molecule has 0 aliphatic rings. The Morgan fingerprint density at radius 3 is 1.64 bits per heavy atom. The maximum absolute atomic E-state index is 12.8. The zero-order valence-corrected chi connectivity index (χ0v) is 38.5. The maximum Gasteiger partial charge on any atom is 0.433 e. The number of rotatable bonds is 7. The first-order chi connectivity index (χ1) is 33.2. The average Bonchev–Trinajstić information content (AvgIpc) is 3.96. The fourth-order valence-electron chi connectivity index (χ4n) is 5.95. The summed E-state index contributed by atoms with van der Waals surface area (Å²) >= 11 is 23.0. The van der Waals surface area contributed by atoms with Crippen LogP contribution in [0.2, 0.25) is 15.1 Å². The van der Waals surface area contributed by atoms with Crippen LogP contribution in [0, 0.1) is 27.2 Å². The number of carbonyl (C=O) groups is 2. The number of fused-ring (bicyclic) bond motifs is 2. The van der Waals surface area contributed by atoms with Gasteiger partial charge in [0.25, 0.3) is 22.5 Å². The first-order valence-corrected chi connectivity index (χ1v) is 21.2. The van der Waals surface area contributed by atoms with E-state index in [0.717, 1.165) is 18.2 Å². The first-order valence-electron chi connectivity index (χ1n) is 19.7. The number of nitrogens with zero attached hydrogens (tertiary/aromatic N) is 5. The topological polar surface area (TPSA) is 244 Å². The zero-order valence-electron chi connectivity index (χ0n) is 35.5. The molecule has 3 heterocycles. The number of hydrogen-bond donors (Lipinski definition) is 3. The molecule has 0 aliphatic carbocycles. The molecule has 9 rings (SSSR count). The Hall–Kier alpha value is -8.10. The van der Waals surface area contributed by atoms with Gasteiger partial charge >= 0.3 is 6.18 Å². The quantitative estimate of drug-likeness (QED) is 0.0443. The van der Waals surface area contributed by atoms with Crippen molar-refractivity contribution < 1.29 is 46.5 Å². The molecule has 3 aromatic heterocycles. The molecule has 9 aromatic rings. The number of aryl methyl sites for hydroxylation is 1. The normalized spacial score (nSPS) is 10.7. The van der Waals surface area contributed by atoms with Crippen molar-refractivity contribution in [3.8, 4) is 28.7 Å². The van der Waals surface area contributed by atoms with Crippen molar-refractivity contribution in [2.75, 3.05) is 11.1 Å². The third-order valence-electron chi connectivity index (χ3n) is 9.36. The number of halogens is 7. The Kier molecular flexibility index (Phi) is 16.4. The number of oxazole rings is 2. The second kappa shape index (κ2) is 22.3. The number of hydrogen-bond acceptors (Lipinski definition) is 13. The number of nitro benzene ring substituents is 2. The molecule has 0 spiro atoms. The first kappa shape index (κ1) is 51.3. The van der Waals surface area contributed by atoms with Gasteiger partial charge in [0, 0.05) is 30.0 Å². The smallest absolute Gasteiger partial charge is 0.433 e. The maximum atomic E-state index is 12.8. The Labute approximate surface area is 412 Å². The summed E-state index contributed by atoms with van der Waals surface area (Å²) in [5, 5.41) is 32.5. The van der Waals surface area contributed by atoms with Gasteiger partial charge in [-0.05, 0) is 97.4 Å². The predicted octanol–water partition coefficient (Wildman–Crippen LogP) is 13.8. The van der Waals surface area contributed by atoms with Crippen LogP contribution in [0.15, 0.2) is 148 Å². The van der Waals surface area contributed by atoms with Crippen molar-refractivity contribution in [1.82, 2.24) is 15.0 Å². The average molecular weight is 1040 g/mol. The molecule has 0 unspecified atom stereocenters. The van der Waals surface area contributed by atoms with Gasteiger partial charge in [0.15, 0.2) is 11.2 Å². The van der Waals surface area contributed by atoms with Gasteiger partial charge in [-0.1, -0.05) is 71.2 Å². The fraction of sp³-hybridized carbons (Fsp3) is 0.0426. The molecule has 6 aromatic carbocycles. The highest BCUT2D eigenvalue weighted by molar-refractivity contribution is 6.68. The van der Waals surface area contributed by atoms with Crippen LogP contribution >= 0.6 is 46.4 Å². The fourth-order valence-corrected chi connectivity index (χ4v) is 6.76. The van der Waals surface area contributed by atoms with Crippen LogP contribution in [0.4, 0.5) is 35.9 Å². The van der Waals surface area contributed by atoms with E-state index in [4.69, 9.17) is 66.1 Å². The van der Waals surface area contributed by atoms with Crippen molar-refractivity contribution in [2.24, 2.45) is 0 Å². The summed E-state index contributed by atoms with van der Waals surface area (Å²) in [6.07, 6.45) is -4.58. The van der Waals surface area contributed by atoms with E-state index in [1.807, 2.05) is 24.3 Å². The SMILES string of the molecule is Cc1nc(C(F)(F)F)ccc1C(=O)Nc1ccc(Cl)c(-c2nc3ccccc3o2)c1.Nc1ccccc1O.O=C(Cl)c1cc([N+](=O)[O-])ccc1Cl.O=[N+]([O-])c1ccc(Cl)c(-c2nc3ccccc3o2)c1. The Balaban J connectivity index is 0.000000171. The second-order valence-electron chi connectivity index (χ2n) is 14.1. The van der Waals surface area contributed by atoms with Crippen LogP contribution in [0.1, 0.15) is 32.1 Å². The Bertz CT molecular complexity index is 3340. The number of aromatic nitrogens is 3. The zero-order chi connectivity index (χ0) is 50.9. The number of phenolic OH excluding ortho intramolecular Hbond substituents is 1. The number of nitrogen functional groups attached to an aromatic ring is 1. The molecule has 0 atom stereocenters. The lowest BCUT2D eigenvalue weighted by molar-refractivity contribution is -0.385. The third-order valence-corrected chi connectivity index (χ3v) is 10.6. The Morgan fingerprint density at radius 1 is 0.657 bits per heavy atom. The summed E-state index contributed by atoms with van der Waals surface area (Å²) in [6.45, 7) is 1.34. The molecule has 0 aliphatic heterocycles. The summed E-state index contributed by atoms with van der Waals surface area (Å²) in [7, 11) is 0. The standard InChI is InChI=1S/C21H13ClF3N3O2.C13H7ClN2O3.C7H3Cl2NO3.C6H7NO/c1-11-13(7-9-18(26-11)21(23,24)25)19(29)27-12-6-8-15(22)14(10-12)20-28-16-4-2-3-5-17(16)30-20;14-10-6-5-8(16(17)18)7-9(10)13-15-11-3-1-2-4-12(11)19-13;8-6-2-1-4(10(12)13)3-5(6)7(9)11;7-5-3-1-2-4-6(5)8/h2-10H,1H3,(H,27,29);1-7H;1-3H;1-4,8H,7H2. The number of aromatic hydroxyl groups is 1. The number of nitrogens with two attached hydrogens (primary N) is 1. The summed E-state index contributed by atoms with van der Waals surface area (Å²) in [5.74, 6) is 0.103. The van der Waals surface area contributed by atoms with Gasteiger partial charge in [0.05, 0.1) is 58.5 Å². The number of nitrogens with one attached hydrogen (secondary N) is 1. The third kappa shape index (κ3) is 12.9. The minimum absolute atomic E-state index is 0.0290. The summed E-state index contributed by atoms with van der Waals surface area (Å²) in [4.78, 5) is 55.4. The molecule has 0 fully saturated rings. The number of anilines is 2. The number of nitro groups is 2. The van der Waals surface area contributed by atoms with Crippen molar-refractivity contribution in [3.05, 3.63) is 197 Å². The number of phenols is 1. The van der Waals surface area contributed by atoms with E-state index in [0.29, 0.717) is 54.7 Å². The second-order valence-corrected chi connectivity index (χ2v) is 15.7. The van der Waals surface area contributed by atoms with Crippen molar-refractivity contribution in [2.45, 2.75) is 13.1 Å². The molecule has 0 radical (unpaired) electrons. The molecule has 0 bridgehead atoms. The molecular weight excluding hydrogens is 1010 g/mol. The van der Waals surface area contributed by atoms with E-state index in [9.17, 15) is 43.0 Å². The summed E-state index contributed by atoms with van der Waals surface area (Å²) in [5.41, 5.74) is 8.10. The van der Waals surface area contributed by atoms with E-state index < -0.39 is 32.9 Å². The molecule has 0 saturated carbocycles. The number of pyridine rings is 1. The lowest BCUT2D eigenvalue weighted by Gasteiger charge is -2.11. The van der Waals surface area contributed by atoms with E-state index in [-0.39, 0.29) is 50.7 Å². The van der Waals surface area contributed by atoms with Gasteiger partial charge in [-0.2, -0.15) is 13.2 Å². The van der Waals surface area contributed by atoms with Gasteiger partial charge in [0.2, 0.25) is 11.8 Å². The summed E-state index contributed by atoms with van der Waals surface area (Å²) in [6, 6.07) is 35.4. The largest absolute Gasteiger partial charge is 0.506 e. The number of para-hydroxylation sites is 6. The molecule has 4 N–H and O–H groups in total. The van der Waals surface area contributed by atoms with Gasteiger partial charge in [0.1, 0.15) is 22.5 Å². The highest BCUT2D eigenvalue weighted by Crippen LogP contribution is 2.35. The minimum atomic E-state index is -4.58. The number of amides is 1.